The van der Waals surface area contributed by atoms with Crippen LogP contribution in [-0.2, 0) is 4.79 Å². The van der Waals surface area contributed by atoms with E-state index in [0.29, 0.717) is 11.5 Å². The predicted octanol–water partition coefficient (Wildman–Crippen LogP) is 3.89. The number of carbonyl (C=O) groups excluding carboxylic acids is 2. The molecule has 0 aromatic heterocycles. The summed E-state index contributed by atoms with van der Waals surface area (Å²) in [6, 6.07) is 7.11. The Morgan fingerprint density at radius 2 is 1.92 bits per heavy atom. The molecule has 0 spiro atoms. The van der Waals surface area contributed by atoms with Crippen LogP contribution in [0.3, 0.4) is 0 Å². The Bertz CT molecular complexity index is 742. The van der Waals surface area contributed by atoms with Crippen LogP contribution in [0.1, 0.15) is 56.8 Å². The third kappa shape index (κ3) is 3.43. The molecule has 6 heteroatoms. The Kier molecular flexibility index (Phi) is 5.24. The van der Waals surface area contributed by atoms with Crippen molar-refractivity contribution >= 4 is 33.5 Å². The van der Waals surface area contributed by atoms with Gasteiger partial charge in [-0.2, -0.15) is 5.10 Å². The lowest BCUT2D eigenvalue weighted by Crippen LogP contribution is -2.34. The molecular formula is C20H26BrN3O2. The molecule has 1 aromatic rings. The Balaban J connectivity index is 1.47. The van der Waals surface area contributed by atoms with Crippen LogP contribution in [0.2, 0.25) is 0 Å². The SMILES string of the molecule is CC1(C)[C@@H]2CC[C@@]1(C)/C(=N/NC(=O)CCNC(=O)c1ccc(Br)cc1)C2. The van der Waals surface area contributed by atoms with Crippen LogP contribution in [0.4, 0.5) is 0 Å². The fraction of sp³-hybridized carbons (Fsp3) is 0.550. The van der Waals surface area contributed by atoms with Gasteiger partial charge in [0.15, 0.2) is 0 Å². The molecule has 2 fully saturated rings. The molecule has 5 nitrogen and oxygen atoms in total. The second-order valence-electron chi connectivity index (χ2n) is 8.10. The largest absolute Gasteiger partial charge is 0.352 e. The molecule has 2 amide bonds. The van der Waals surface area contributed by atoms with E-state index in [0.717, 1.165) is 23.0 Å². The highest BCUT2D eigenvalue weighted by molar-refractivity contribution is 9.10. The fourth-order valence-corrected chi connectivity index (χ4v) is 4.54. The lowest BCUT2D eigenvalue weighted by atomic mass is 9.70. The van der Waals surface area contributed by atoms with Crippen LogP contribution >= 0.6 is 15.9 Å². The van der Waals surface area contributed by atoms with Gasteiger partial charge in [-0.25, -0.2) is 5.43 Å². The molecule has 1 aromatic carbocycles. The van der Waals surface area contributed by atoms with Gasteiger partial charge in [0, 0.05) is 34.1 Å². The molecule has 0 heterocycles. The molecule has 2 saturated carbocycles. The van der Waals surface area contributed by atoms with Crippen LogP contribution in [0, 0.1) is 16.7 Å². The molecule has 0 aliphatic heterocycles. The molecule has 0 unspecified atom stereocenters. The van der Waals surface area contributed by atoms with E-state index in [1.807, 2.05) is 12.1 Å². The summed E-state index contributed by atoms with van der Waals surface area (Å²) in [6.07, 6.45) is 3.58. The van der Waals surface area contributed by atoms with Crippen LogP contribution in [0.25, 0.3) is 0 Å². The minimum absolute atomic E-state index is 0.0841. The van der Waals surface area contributed by atoms with Gasteiger partial charge in [0.25, 0.3) is 5.91 Å². The highest BCUT2D eigenvalue weighted by atomic mass is 79.9. The second-order valence-corrected chi connectivity index (χ2v) is 9.02. The zero-order valence-electron chi connectivity index (χ0n) is 15.6. The highest BCUT2D eigenvalue weighted by Gasteiger charge is 2.59. The number of benzene rings is 1. The fourth-order valence-electron chi connectivity index (χ4n) is 4.28. The summed E-state index contributed by atoms with van der Waals surface area (Å²) in [5, 5.41) is 7.20. The summed E-state index contributed by atoms with van der Waals surface area (Å²) in [6.45, 7) is 7.18. The third-order valence-electron chi connectivity index (χ3n) is 6.57. The molecule has 0 saturated heterocycles. The molecule has 2 aliphatic carbocycles. The van der Waals surface area contributed by atoms with Gasteiger partial charge in [0.2, 0.25) is 5.91 Å². The highest BCUT2D eigenvalue weighted by Crippen LogP contribution is 2.63. The number of rotatable bonds is 5. The molecule has 26 heavy (non-hydrogen) atoms. The first kappa shape index (κ1) is 19.1. The zero-order chi connectivity index (χ0) is 18.9. The van der Waals surface area contributed by atoms with E-state index in [2.05, 4.69) is 52.5 Å². The van der Waals surface area contributed by atoms with Crippen molar-refractivity contribution < 1.29 is 9.59 Å². The normalized spacial score (nSPS) is 27.5. The van der Waals surface area contributed by atoms with E-state index in [1.54, 1.807) is 12.1 Å². The van der Waals surface area contributed by atoms with Gasteiger partial charge in [-0.15, -0.1) is 0 Å². The van der Waals surface area contributed by atoms with E-state index < -0.39 is 0 Å². The monoisotopic (exact) mass is 419 g/mol. The summed E-state index contributed by atoms with van der Waals surface area (Å²) in [7, 11) is 0. The summed E-state index contributed by atoms with van der Waals surface area (Å²) in [5.74, 6) is 0.310. The van der Waals surface area contributed by atoms with E-state index >= 15 is 0 Å². The molecule has 140 valence electrons. The summed E-state index contributed by atoms with van der Waals surface area (Å²) in [4.78, 5) is 24.1. The number of hydrazone groups is 1. The molecular weight excluding hydrogens is 394 g/mol. The maximum Gasteiger partial charge on any atom is 0.251 e. The molecule has 3 rings (SSSR count). The smallest absolute Gasteiger partial charge is 0.251 e. The topological polar surface area (TPSA) is 70.6 Å². The van der Waals surface area contributed by atoms with E-state index in [4.69, 9.17) is 0 Å². The first-order chi connectivity index (χ1) is 12.2. The number of hydrogen-bond acceptors (Lipinski definition) is 3. The first-order valence-electron chi connectivity index (χ1n) is 9.14. The van der Waals surface area contributed by atoms with Gasteiger partial charge in [-0.05, 0) is 54.9 Å². The third-order valence-corrected chi connectivity index (χ3v) is 7.10. The second kappa shape index (κ2) is 7.14. The number of fused-ring (bicyclic) bond motifs is 2. The Morgan fingerprint density at radius 1 is 1.23 bits per heavy atom. The van der Waals surface area contributed by atoms with Crippen molar-refractivity contribution in [3.63, 3.8) is 0 Å². The maximum absolute atomic E-state index is 12.1. The number of nitrogens with zero attached hydrogens (tertiary/aromatic N) is 1. The predicted molar refractivity (Wildman–Crippen MR) is 106 cm³/mol. The summed E-state index contributed by atoms with van der Waals surface area (Å²) < 4.78 is 0.921. The van der Waals surface area contributed by atoms with E-state index in [9.17, 15) is 9.59 Å². The Labute approximate surface area is 163 Å². The molecule has 2 N–H and O–H groups in total. The molecule has 2 aliphatic rings. The van der Waals surface area contributed by atoms with Gasteiger partial charge < -0.3 is 5.32 Å². The Morgan fingerprint density at radius 3 is 2.50 bits per heavy atom. The maximum atomic E-state index is 12.1. The minimum Gasteiger partial charge on any atom is -0.352 e. The molecule has 0 radical (unpaired) electrons. The van der Waals surface area contributed by atoms with Crippen LogP contribution in [-0.4, -0.2) is 24.1 Å². The van der Waals surface area contributed by atoms with Crippen molar-refractivity contribution in [3.05, 3.63) is 34.3 Å². The van der Waals surface area contributed by atoms with E-state index in [1.165, 1.54) is 6.42 Å². The summed E-state index contributed by atoms with van der Waals surface area (Å²) >= 11 is 3.34. The van der Waals surface area contributed by atoms with Gasteiger partial charge in [0.05, 0.1) is 0 Å². The number of carbonyl (C=O) groups is 2. The number of nitrogens with one attached hydrogen (secondary N) is 2. The van der Waals surface area contributed by atoms with Gasteiger partial charge >= 0.3 is 0 Å². The van der Waals surface area contributed by atoms with Crippen molar-refractivity contribution in [3.8, 4) is 0 Å². The number of amides is 2. The number of hydrogen-bond donors (Lipinski definition) is 2. The van der Waals surface area contributed by atoms with Gasteiger partial charge in [-0.3, -0.25) is 9.59 Å². The van der Waals surface area contributed by atoms with Gasteiger partial charge in [0.1, 0.15) is 0 Å². The first-order valence-corrected chi connectivity index (χ1v) is 9.93. The Hall–Kier alpha value is -1.69. The van der Waals surface area contributed by atoms with Crippen molar-refractivity contribution in [2.75, 3.05) is 6.54 Å². The van der Waals surface area contributed by atoms with Crippen LogP contribution < -0.4 is 10.7 Å². The average Bonchev–Trinajstić information content (AvgIpc) is 2.93. The standard InChI is InChI=1S/C20H26BrN3O2/c1-19(2)14-8-10-20(19,3)16(12-14)23-24-17(25)9-11-22-18(26)13-4-6-15(21)7-5-13/h4-7,14H,8-12H2,1-3H3,(H,22,26)(H,24,25)/b23-16+/t14-,20+/m1/s1. The zero-order valence-corrected chi connectivity index (χ0v) is 17.1. The summed E-state index contributed by atoms with van der Waals surface area (Å²) in [5.41, 5.74) is 4.71. The lowest BCUT2D eigenvalue weighted by molar-refractivity contribution is -0.120. The van der Waals surface area contributed by atoms with E-state index in [-0.39, 0.29) is 35.6 Å². The average molecular weight is 420 g/mol. The van der Waals surface area contributed by atoms with Crippen LogP contribution in [0.5, 0.6) is 0 Å². The molecule has 2 bridgehead atoms. The molecule has 2 atom stereocenters. The van der Waals surface area contributed by atoms with Crippen LogP contribution in [0.15, 0.2) is 33.8 Å². The van der Waals surface area contributed by atoms with Crippen molar-refractivity contribution in [2.45, 2.75) is 46.5 Å². The number of halogens is 1. The lowest BCUT2D eigenvalue weighted by Gasteiger charge is -2.34. The minimum atomic E-state index is -0.182. The van der Waals surface area contributed by atoms with Crippen molar-refractivity contribution in [1.29, 1.82) is 0 Å². The quantitative estimate of drug-likeness (QED) is 0.710. The van der Waals surface area contributed by atoms with Crippen molar-refractivity contribution in [2.24, 2.45) is 21.8 Å². The van der Waals surface area contributed by atoms with Gasteiger partial charge in [-0.1, -0.05) is 36.7 Å². The van der Waals surface area contributed by atoms with Crippen molar-refractivity contribution in [1.82, 2.24) is 10.7 Å².